The topological polar surface area (TPSA) is 56.0 Å². The number of nitriles is 1. The Balaban J connectivity index is 0.00000466. The van der Waals surface area contributed by atoms with E-state index in [0.29, 0.717) is 6.54 Å². The monoisotopic (exact) mass is 438 g/mol. The van der Waals surface area contributed by atoms with Crippen molar-refractivity contribution < 1.29 is 5.11 Å². The highest BCUT2D eigenvalue weighted by molar-refractivity contribution is 5.39. The van der Waals surface area contributed by atoms with Crippen LogP contribution in [0.5, 0.6) is 0 Å². The van der Waals surface area contributed by atoms with Gasteiger partial charge in [0, 0.05) is 18.7 Å². The zero-order chi connectivity index (χ0) is 24.8. The summed E-state index contributed by atoms with van der Waals surface area (Å²) in [6, 6.07) is 0. The summed E-state index contributed by atoms with van der Waals surface area (Å²) in [7, 11) is 0. The van der Waals surface area contributed by atoms with Crippen molar-refractivity contribution in [2.24, 2.45) is 5.41 Å². The van der Waals surface area contributed by atoms with E-state index in [4.69, 9.17) is 5.26 Å². The van der Waals surface area contributed by atoms with E-state index in [-0.39, 0.29) is 17.1 Å². The zero-order valence-corrected chi connectivity index (χ0v) is 21.2. The van der Waals surface area contributed by atoms with E-state index in [2.05, 4.69) is 71.5 Å². The number of hydrogen-bond donors (Lipinski definition) is 2. The molecular formula is C29H46N2O. The molecule has 2 N–H and O–H groups in total. The molecule has 0 heterocycles. The molecule has 0 aromatic heterocycles. The van der Waals surface area contributed by atoms with Crippen molar-refractivity contribution in [3.63, 3.8) is 0 Å². The predicted molar refractivity (Wildman–Crippen MR) is 140 cm³/mol. The van der Waals surface area contributed by atoms with Crippen molar-refractivity contribution >= 4 is 0 Å². The van der Waals surface area contributed by atoms with E-state index in [0.717, 1.165) is 36.8 Å². The van der Waals surface area contributed by atoms with Crippen LogP contribution in [0, 0.1) is 17.2 Å². The lowest BCUT2D eigenvalue weighted by Crippen LogP contribution is -2.50. The molecule has 0 aromatic carbocycles. The largest absolute Gasteiger partial charge is 0.392 e. The molecule has 3 heteroatoms. The number of aliphatic hydroxyl groups excluding tert-OH is 1. The molecule has 1 aliphatic carbocycles. The highest BCUT2D eigenvalue weighted by atomic mass is 16.3. The van der Waals surface area contributed by atoms with Crippen molar-refractivity contribution in [3.8, 4) is 6.57 Å². The van der Waals surface area contributed by atoms with E-state index >= 15 is 0 Å². The van der Waals surface area contributed by atoms with Crippen molar-refractivity contribution in [3.05, 3.63) is 72.4 Å². The molecule has 1 atom stereocenters. The van der Waals surface area contributed by atoms with Gasteiger partial charge in [0.25, 0.3) is 0 Å². The van der Waals surface area contributed by atoms with Gasteiger partial charge in [-0.2, -0.15) is 0 Å². The standard InChI is InChI=1S/C28H45NO.CHN/c1-9-23(19-22(4)5)15-16-26(30)21-29-28(17-13-12-14-18-28)25(11-3)20-24(10-2)27(6,7)8;1-2/h9-11,19-20,26,29-30H,1-2,4,12-18,21H2,3,5-8H3;1H/b23-19+,24-20+,25-11+;. The van der Waals surface area contributed by atoms with E-state index in [1.54, 1.807) is 0 Å². The third-order valence-corrected chi connectivity index (χ3v) is 6.10. The number of nitrogens with zero attached hydrogens (tertiary/aromatic N) is 1. The van der Waals surface area contributed by atoms with Gasteiger partial charge in [-0.1, -0.05) is 95.7 Å². The van der Waals surface area contributed by atoms with E-state index in [1.807, 2.05) is 25.2 Å². The Kier molecular flexibility index (Phi) is 13.8. The first-order valence-corrected chi connectivity index (χ1v) is 11.8. The van der Waals surface area contributed by atoms with Crippen molar-refractivity contribution in [2.45, 2.75) is 91.2 Å². The number of allylic oxidation sites excluding steroid dienone is 7. The number of aliphatic hydroxyl groups is 1. The summed E-state index contributed by atoms with van der Waals surface area (Å²) < 4.78 is 0. The molecule has 178 valence electrons. The maximum absolute atomic E-state index is 10.7. The highest BCUT2D eigenvalue weighted by Crippen LogP contribution is 2.37. The molecule has 0 spiro atoms. The Bertz CT molecular complexity index is 722. The molecule has 1 fully saturated rings. The van der Waals surface area contributed by atoms with Gasteiger partial charge in [0.1, 0.15) is 0 Å². The maximum Gasteiger partial charge on any atom is 0.0668 e. The van der Waals surface area contributed by atoms with Crippen LogP contribution in [0.1, 0.15) is 79.6 Å². The number of rotatable bonds is 11. The van der Waals surface area contributed by atoms with Gasteiger partial charge in [-0.3, -0.25) is 0 Å². The van der Waals surface area contributed by atoms with Crippen LogP contribution >= 0.6 is 0 Å². The molecule has 0 bridgehead atoms. The first-order chi connectivity index (χ1) is 15.1. The van der Waals surface area contributed by atoms with Crippen molar-refractivity contribution in [1.29, 1.82) is 5.26 Å². The lowest BCUT2D eigenvalue weighted by atomic mass is 9.74. The number of β-amino-alcohol motifs (C(OH)–C–C–N with tert-alkyl or cyclic N) is 1. The van der Waals surface area contributed by atoms with Gasteiger partial charge in [-0.25, -0.2) is 5.26 Å². The quantitative estimate of drug-likeness (QED) is 0.331. The van der Waals surface area contributed by atoms with Gasteiger partial charge in [-0.15, -0.1) is 0 Å². The fourth-order valence-electron chi connectivity index (χ4n) is 4.27. The lowest BCUT2D eigenvalue weighted by molar-refractivity contribution is 0.142. The van der Waals surface area contributed by atoms with Gasteiger partial charge >= 0.3 is 0 Å². The second kappa shape index (κ2) is 14.8. The molecule has 0 saturated heterocycles. The highest BCUT2D eigenvalue weighted by Gasteiger charge is 2.35. The number of hydrogen-bond acceptors (Lipinski definition) is 3. The van der Waals surface area contributed by atoms with Crippen LogP contribution in [-0.2, 0) is 0 Å². The minimum atomic E-state index is -0.388. The molecule has 3 nitrogen and oxygen atoms in total. The van der Waals surface area contributed by atoms with Crippen LogP contribution in [0.4, 0.5) is 0 Å². The first-order valence-electron chi connectivity index (χ1n) is 11.8. The van der Waals surface area contributed by atoms with Crippen molar-refractivity contribution in [2.75, 3.05) is 6.54 Å². The summed E-state index contributed by atoms with van der Waals surface area (Å²) in [6.07, 6.45) is 17.5. The van der Waals surface area contributed by atoms with E-state index < -0.39 is 0 Å². The number of nitrogens with one attached hydrogen (secondary N) is 1. The fraction of sp³-hybridized carbons (Fsp3) is 0.552. The average Bonchev–Trinajstić information content (AvgIpc) is 2.76. The Morgan fingerprint density at radius 1 is 1.12 bits per heavy atom. The molecule has 32 heavy (non-hydrogen) atoms. The molecule has 0 aliphatic heterocycles. The molecule has 0 radical (unpaired) electrons. The van der Waals surface area contributed by atoms with Crippen LogP contribution in [0.3, 0.4) is 0 Å². The smallest absolute Gasteiger partial charge is 0.0668 e. The SMILES string of the molecule is C#N.C=C/C(=C\C(=C)C)CCC(O)CNC1(C(/C=C(\C=C)C(C)(C)C)=C/C)CCCCC1. The van der Waals surface area contributed by atoms with Crippen LogP contribution in [-0.4, -0.2) is 23.3 Å². The van der Waals surface area contributed by atoms with E-state index in [1.165, 1.54) is 30.4 Å². The Morgan fingerprint density at radius 2 is 1.72 bits per heavy atom. The minimum absolute atomic E-state index is 0.0576. The van der Waals surface area contributed by atoms with Gasteiger partial charge in [0.2, 0.25) is 0 Å². The lowest BCUT2D eigenvalue weighted by Gasteiger charge is -2.41. The summed E-state index contributed by atoms with van der Waals surface area (Å²) in [5.74, 6) is 0. The minimum Gasteiger partial charge on any atom is -0.392 e. The zero-order valence-electron chi connectivity index (χ0n) is 21.2. The molecule has 1 aliphatic rings. The third-order valence-electron chi connectivity index (χ3n) is 6.10. The first kappa shape index (κ1) is 29.9. The summed E-state index contributed by atoms with van der Waals surface area (Å²) in [6.45, 7) is 26.8. The second-order valence-corrected chi connectivity index (χ2v) is 9.78. The second-order valence-electron chi connectivity index (χ2n) is 9.78. The van der Waals surface area contributed by atoms with Gasteiger partial charge < -0.3 is 10.4 Å². The molecule has 0 aromatic rings. The normalized spacial score (nSPS) is 18.2. The predicted octanol–water partition coefficient (Wildman–Crippen LogP) is 7.35. The van der Waals surface area contributed by atoms with Crippen LogP contribution in [0.25, 0.3) is 0 Å². The van der Waals surface area contributed by atoms with Gasteiger partial charge in [-0.05, 0) is 61.7 Å². The van der Waals surface area contributed by atoms with Crippen LogP contribution < -0.4 is 5.32 Å². The molecule has 1 rings (SSSR count). The molecular weight excluding hydrogens is 392 g/mol. The fourth-order valence-corrected chi connectivity index (χ4v) is 4.27. The summed E-state index contributed by atoms with van der Waals surface area (Å²) in [5.41, 5.74) is 4.72. The summed E-state index contributed by atoms with van der Waals surface area (Å²) >= 11 is 0. The van der Waals surface area contributed by atoms with Crippen molar-refractivity contribution in [1.82, 2.24) is 5.32 Å². The van der Waals surface area contributed by atoms with Crippen LogP contribution in [0.2, 0.25) is 0 Å². The van der Waals surface area contributed by atoms with E-state index in [9.17, 15) is 5.11 Å². The maximum atomic E-state index is 10.7. The summed E-state index contributed by atoms with van der Waals surface area (Å²) in [5, 5.41) is 21.0. The molecule has 1 unspecified atom stereocenters. The molecule has 0 amide bonds. The van der Waals surface area contributed by atoms with Gasteiger partial charge in [0.05, 0.1) is 6.10 Å². The Morgan fingerprint density at radius 3 is 2.16 bits per heavy atom. The van der Waals surface area contributed by atoms with Gasteiger partial charge in [0.15, 0.2) is 0 Å². The Hall–Kier alpha value is -2.15. The molecule has 1 saturated carbocycles. The Labute approximate surface area is 198 Å². The van der Waals surface area contributed by atoms with Crippen LogP contribution in [0.15, 0.2) is 72.4 Å². The third kappa shape index (κ3) is 9.98. The average molecular weight is 439 g/mol. The summed E-state index contributed by atoms with van der Waals surface area (Å²) in [4.78, 5) is 0.